The molecule has 0 amide bonds. The van der Waals surface area contributed by atoms with Crippen LogP contribution in [0, 0.1) is 19.8 Å². The van der Waals surface area contributed by atoms with Crippen LogP contribution in [0.2, 0.25) is 5.02 Å². The molecule has 22 heavy (non-hydrogen) atoms. The Labute approximate surface area is 135 Å². The summed E-state index contributed by atoms with van der Waals surface area (Å²) in [5.74, 6) is 0.408. The van der Waals surface area contributed by atoms with Crippen LogP contribution in [-0.2, 0) is 11.8 Å². The van der Waals surface area contributed by atoms with Crippen LogP contribution in [0.3, 0.4) is 0 Å². The van der Waals surface area contributed by atoms with Gasteiger partial charge in [0, 0.05) is 49.8 Å². The Hall–Kier alpha value is -1.59. The average molecular weight is 321 g/mol. The maximum Gasteiger partial charge on any atom is 0.0906 e. The highest BCUT2D eigenvalue weighted by molar-refractivity contribution is 6.33. The first kappa shape index (κ1) is 15.3. The van der Waals surface area contributed by atoms with Gasteiger partial charge in [-0.2, -0.15) is 5.10 Å². The molecule has 0 spiro atoms. The summed E-state index contributed by atoms with van der Waals surface area (Å²) >= 11 is 6.15. The lowest BCUT2D eigenvalue weighted by atomic mass is 9.94. The van der Waals surface area contributed by atoms with E-state index in [-0.39, 0.29) is 6.10 Å². The van der Waals surface area contributed by atoms with E-state index in [4.69, 9.17) is 16.3 Å². The van der Waals surface area contributed by atoms with Crippen LogP contribution in [0.15, 0.2) is 18.5 Å². The third-order valence-corrected chi connectivity index (χ3v) is 4.69. The monoisotopic (exact) mass is 320 g/mol. The summed E-state index contributed by atoms with van der Waals surface area (Å²) in [4.78, 5) is 4.01. The van der Waals surface area contributed by atoms with Gasteiger partial charge in [-0.25, -0.2) is 0 Å². The second-order valence-corrected chi connectivity index (χ2v) is 6.19. The lowest BCUT2D eigenvalue weighted by Crippen LogP contribution is -2.19. The van der Waals surface area contributed by atoms with Gasteiger partial charge in [0.05, 0.1) is 22.5 Å². The fraction of sp³-hybridized carbons (Fsp3) is 0.500. The van der Waals surface area contributed by atoms with Crippen LogP contribution >= 0.6 is 11.6 Å². The molecular formula is C16H21ClN4O. The molecule has 2 atom stereocenters. The quantitative estimate of drug-likeness (QED) is 0.939. The van der Waals surface area contributed by atoms with E-state index in [2.05, 4.69) is 22.3 Å². The molecule has 3 heterocycles. The number of ether oxygens (including phenoxy) is 1. The molecule has 0 aliphatic carbocycles. The number of pyridine rings is 1. The number of nitrogens with one attached hydrogen (secondary N) is 1. The highest BCUT2D eigenvalue weighted by Crippen LogP contribution is 2.37. The minimum atomic E-state index is 0.0989. The van der Waals surface area contributed by atoms with Crippen LogP contribution in [0.5, 0.6) is 0 Å². The van der Waals surface area contributed by atoms with E-state index >= 15 is 0 Å². The maximum atomic E-state index is 6.15. The summed E-state index contributed by atoms with van der Waals surface area (Å²) < 4.78 is 7.93. The molecular weight excluding hydrogens is 300 g/mol. The molecule has 1 saturated heterocycles. The molecule has 0 radical (unpaired) electrons. The number of hydrogen-bond donors (Lipinski definition) is 1. The molecule has 0 bridgehead atoms. The van der Waals surface area contributed by atoms with E-state index in [9.17, 15) is 0 Å². The second-order valence-electron chi connectivity index (χ2n) is 5.78. The fourth-order valence-electron chi connectivity index (χ4n) is 3.12. The number of aryl methyl sites for hydroxylation is 2. The van der Waals surface area contributed by atoms with Crippen LogP contribution < -0.4 is 5.32 Å². The molecule has 1 fully saturated rings. The van der Waals surface area contributed by atoms with Crippen molar-refractivity contribution in [2.24, 2.45) is 13.0 Å². The molecule has 0 aromatic carbocycles. The molecule has 6 heteroatoms. The normalized spacial score (nSPS) is 21.3. The fourth-order valence-corrected chi connectivity index (χ4v) is 3.31. The van der Waals surface area contributed by atoms with Crippen LogP contribution in [-0.4, -0.2) is 27.9 Å². The summed E-state index contributed by atoms with van der Waals surface area (Å²) in [6, 6.07) is 1.90. The number of nitrogens with zero attached hydrogens (tertiary/aromatic N) is 3. The molecule has 2 aromatic rings. The molecule has 1 N–H and O–H groups in total. The number of hydrogen-bond acceptors (Lipinski definition) is 4. The molecule has 3 rings (SSSR count). The lowest BCUT2D eigenvalue weighted by molar-refractivity contribution is 0.0922. The minimum Gasteiger partial charge on any atom is -0.383 e. The first-order chi connectivity index (χ1) is 10.6. The van der Waals surface area contributed by atoms with Gasteiger partial charge >= 0.3 is 0 Å². The van der Waals surface area contributed by atoms with Crippen molar-refractivity contribution >= 4 is 17.3 Å². The standard InChI is InChI=1S/C16H21ClN4O/c1-10-15(11(2)21(3)20-10)16-12(5-7-22-16)8-19-14-4-6-18-9-13(14)17/h4,6,9,12,16H,5,7-8H2,1-3H3,(H,18,19)/t12-,16+/m1/s1. The van der Waals surface area contributed by atoms with Gasteiger partial charge in [0.1, 0.15) is 0 Å². The van der Waals surface area contributed by atoms with Crippen molar-refractivity contribution in [2.75, 3.05) is 18.5 Å². The first-order valence-electron chi connectivity index (χ1n) is 7.53. The average Bonchev–Trinajstić information content (AvgIpc) is 3.03. The summed E-state index contributed by atoms with van der Waals surface area (Å²) in [5.41, 5.74) is 4.38. The molecule has 1 aliphatic heterocycles. The molecule has 0 saturated carbocycles. The first-order valence-corrected chi connectivity index (χ1v) is 7.90. The van der Waals surface area contributed by atoms with Crippen LogP contribution in [0.25, 0.3) is 0 Å². The summed E-state index contributed by atoms with van der Waals surface area (Å²) in [6.07, 6.45) is 4.53. The van der Waals surface area contributed by atoms with Crippen molar-refractivity contribution < 1.29 is 4.74 Å². The van der Waals surface area contributed by atoms with Gasteiger partial charge in [0.15, 0.2) is 0 Å². The van der Waals surface area contributed by atoms with E-state index in [0.717, 1.165) is 31.0 Å². The van der Waals surface area contributed by atoms with Crippen molar-refractivity contribution in [3.05, 3.63) is 40.4 Å². The minimum absolute atomic E-state index is 0.0989. The Bertz CT molecular complexity index is 670. The van der Waals surface area contributed by atoms with E-state index in [1.165, 1.54) is 11.3 Å². The van der Waals surface area contributed by atoms with Crippen LogP contribution in [0.4, 0.5) is 5.69 Å². The smallest absolute Gasteiger partial charge is 0.0906 e. The Kier molecular flexibility index (Phi) is 4.36. The third-order valence-electron chi connectivity index (χ3n) is 4.39. The largest absolute Gasteiger partial charge is 0.383 e. The molecule has 0 unspecified atom stereocenters. The number of halogens is 1. The van der Waals surface area contributed by atoms with Crippen molar-refractivity contribution in [2.45, 2.75) is 26.4 Å². The zero-order chi connectivity index (χ0) is 15.7. The summed E-state index contributed by atoms with van der Waals surface area (Å²) in [6.45, 7) is 5.76. The van der Waals surface area contributed by atoms with Crippen molar-refractivity contribution in [3.8, 4) is 0 Å². The molecule has 5 nitrogen and oxygen atoms in total. The number of anilines is 1. The van der Waals surface area contributed by atoms with E-state index in [1.54, 1.807) is 12.4 Å². The summed E-state index contributed by atoms with van der Waals surface area (Å²) in [7, 11) is 1.98. The Balaban J connectivity index is 1.75. The predicted molar refractivity (Wildman–Crippen MR) is 87.2 cm³/mol. The van der Waals surface area contributed by atoms with E-state index in [1.807, 2.05) is 24.7 Å². The van der Waals surface area contributed by atoms with Gasteiger partial charge in [-0.05, 0) is 26.3 Å². The zero-order valence-electron chi connectivity index (χ0n) is 13.1. The van der Waals surface area contributed by atoms with Gasteiger partial charge in [-0.1, -0.05) is 11.6 Å². The Morgan fingerprint density at radius 1 is 1.45 bits per heavy atom. The lowest BCUT2D eigenvalue weighted by Gasteiger charge is -2.20. The molecule has 2 aromatic heterocycles. The zero-order valence-corrected chi connectivity index (χ0v) is 13.9. The molecule has 1 aliphatic rings. The van der Waals surface area contributed by atoms with Crippen LogP contribution in [0.1, 0.15) is 29.5 Å². The van der Waals surface area contributed by atoms with Crippen molar-refractivity contribution in [3.63, 3.8) is 0 Å². The van der Waals surface area contributed by atoms with Gasteiger partial charge in [-0.3, -0.25) is 9.67 Å². The maximum absolute atomic E-state index is 6.15. The Morgan fingerprint density at radius 2 is 2.27 bits per heavy atom. The SMILES string of the molecule is Cc1nn(C)c(C)c1[C@H]1OCC[C@@H]1CNc1ccncc1Cl. The Morgan fingerprint density at radius 3 is 2.95 bits per heavy atom. The number of rotatable bonds is 4. The van der Waals surface area contributed by atoms with E-state index < -0.39 is 0 Å². The number of aromatic nitrogens is 3. The highest BCUT2D eigenvalue weighted by Gasteiger charge is 2.33. The van der Waals surface area contributed by atoms with Gasteiger partial charge in [0.2, 0.25) is 0 Å². The van der Waals surface area contributed by atoms with Gasteiger partial charge < -0.3 is 10.1 Å². The third kappa shape index (κ3) is 2.83. The van der Waals surface area contributed by atoms with Gasteiger partial charge in [-0.15, -0.1) is 0 Å². The van der Waals surface area contributed by atoms with E-state index in [0.29, 0.717) is 10.9 Å². The second kappa shape index (κ2) is 6.26. The summed E-state index contributed by atoms with van der Waals surface area (Å²) in [5, 5.41) is 8.58. The molecule has 118 valence electrons. The van der Waals surface area contributed by atoms with Crippen molar-refractivity contribution in [1.29, 1.82) is 0 Å². The predicted octanol–water partition coefficient (Wildman–Crippen LogP) is 3.28. The highest BCUT2D eigenvalue weighted by atomic mass is 35.5. The van der Waals surface area contributed by atoms with Gasteiger partial charge in [0.25, 0.3) is 0 Å². The van der Waals surface area contributed by atoms with Crippen molar-refractivity contribution in [1.82, 2.24) is 14.8 Å². The topological polar surface area (TPSA) is 52.0 Å².